The molecule has 0 fully saturated rings. The fourth-order valence-corrected chi connectivity index (χ4v) is 1.68. The van der Waals surface area contributed by atoms with Crippen LogP contribution < -0.4 is 10.1 Å². The highest BCUT2D eigenvalue weighted by atomic mass is 16.6. The van der Waals surface area contributed by atoms with E-state index in [9.17, 15) is 15.2 Å². The lowest BCUT2D eigenvalue weighted by molar-refractivity contribution is -0.384. The van der Waals surface area contributed by atoms with Crippen molar-refractivity contribution >= 4 is 11.4 Å². The SMILES string of the molecule is CCC(O)(CC)CNc1cc(OC)cc([N+](=O)[O-])c1. The number of hydrogen-bond donors (Lipinski definition) is 2. The van der Waals surface area contributed by atoms with Crippen molar-refractivity contribution in [3.8, 4) is 5.75 Å². The molecule has 0 aliphatic heterocycles. The number of hydrogen-bond acceptors (Lipinski definition) is 5. The first-order chi connectivity index (χ1) is 8.94. The summed E-state index contributed by atoms with van der Waals surface area (Å²) in [6.07, 6.45) is 1.23. The maximum Gasteiger partial charge on any atom is 0.275 e. The van der Waals surface area contributed by atoms with E-state index in [4.69, 9.17) is 4.74 Å². The molecular weight excluding hydrogens is 248 g/mol. The Bertz CT molecular complexity index is 444. The summed E-state index contributed by atoms with van der Waals surface area (Å²) in [5.41, 5.74) is -0.289. The van der Waals surface area contributed by atoms with Crippen LogP contribution in [0, 0.1) is 10.1 Å². The molecule has 0 aromatic heterocycles. The molecule has 19 heavy (non-hydrogen) atoms. The van der Waals surface area contributed by atoms with Gasteiger partial charge in [-0.3, -0.25) is 10.1 Å². The predicted molar refractivity (Wildman–Crippen MR) is 73.7 cm³/mol. The van der Waals surface area contributed by atoms with Crippen molar-refractivity contribution in [2.24, 2.45) is 0 Å². The Kier molecular flexibility index (Phi) is 5.11. The first-order valence-corrected chi connectivity index (χ1v) is 6.24. The average Bonchev–Trinajstić information content (AvgIpc) is 2.44. The highest BCUT2D eigenvalue weighted by Gasteiger charge is 2.22. The zero-order valence-electron chi connectivity index (χ0n) is 11.5. The smallest absolute Gasteiger partial charge is 0.275 e. The molecule has 2 N–H and O–H groups in total. The molecule has 0 aliphatic carbocycles. The monoisotopic (exact) mass is 268 g/mol. The van der Waals surface area contributed by atoms with Crippen LogP contribution in [0.1, 0.15) is 26.7 Å². The lowest BCUT2D eigenvalue weighted by Gasteiger charge is -2.26. The number of rotatable bonds is 7. The van der Waals surface area contributed by atoms with Crippen LogP contribution in [-0.4, -0.2) is 29.3 Å². The number of benzene rings is 1. The van der Waals surface area contributed by atoms with E-state index in [0.717, 1.165) is 0 Å². The fraction of sp³-hybridized carbons (Fsp3) is 0.538. The Hall–Kier alpha value is -1.82. The van der Waals surface area contributed by atoms with Gasteiger partial charge in [-0.2, -0.15) is 0 Å². The molecule has 0 saturated carbocycles. The van der Waals surface area contributed by atoms with Crippen molar-refractivity contribution in [2.75, 3.05) is 19.0 Å². The minimum Gasteiger partial charge on any atom is -0.496 e. The average molecular weight is 268 g/mol. The highest BCUT2D eigenvalue weighted by Crippen LogP contribution is 2.26. The molecule has 6 nitrogen and oxygen atoms in total. The zero-order valence-corrected chi connectivity index (χ0v) is 11.5. The molecule has 0 amide bonds. The Balaban J connectivity index is 2.89. The molecule has 6 heteroatoms. The number of nitrogens with zero attached hydrogens (tertiary/aromatic N) is 1. The lowest BCUT2D eigenvalue weighted by Crippen LogP contribution is -2.35. The van der Waals surface area contributed by atoms with Crippen molar-refractivity contribution in [3.63, 3.8) is 0 Å². The maximum atomic E-state index is 10.8. The number of ether oxygens (including phenoxy) is 1. The van der Waals surface area contributed by atoms with Gasteiger partial charge in [-0.25, -0.2) is 0 Å². The first-order valence-electron chi connectivity index (χ1n) is 6.24. The standard InChI is InChI=1S/C13H20N2O4/c1-4-13(16,5-2)9-14-10-6-11(15(17)18)8-12(7-10)19-3/h6-8,14,16H,4-5,9H2,1-3H3. The number of anilines is 1. The van der Waals surface area contributed by atoms with Crippen molar-refractivity contribution in [3.05, 3.63) is 28.3 Å². The van der Waals surface area contributed by atoms with Crippen molar-refractivity contribution in [1.82, 2.24) is 0 Å². The highest BCUT2D eigenvalue weighted by molar-refractivity contribution is 5.56. The molecule has 0 aliphatic rings. The molecule has 1 aromatic rings. The molecular formula is C13H20N2O4. The van der Waals surface area contributed by atoms with Gasteiger partial charge in [0.25, 0.3) is 5.69 Å². The van der Waals surface area contributed by atoms with Crippen LogP contribution in [0.4, 0.5) is 11.4 Å². The second kappa shape index (κ2) is 6.38. The molecule has 0 heterocycles. The van der Waals surface area contributed by atoms with Crippen LogP contribution in [0.5, 0.6) is 5.75 Å². The molecule has 1 rings (SSSR count). The summed E-state index contributed by atoms with van der Waals surface area (Å²) in [6.45, 7) is 4.14. The summed E-state index contributed by atoms with van der Waals surface area (Å²) in [5.74, 6) is 0.410. The number of aliphatic hydroxyl groups is 1. The van der Waals surface area contributed by atoms with E-state index in [0.29, 0.717) is 30.8 Å². The molecule has 106 valence electrons. The van der Waals surface area contributed by atoms with Gasteiger partial charge in [-0.05, 0) is 12.8 Å². The normalized spacial score (nSPS) is 11.2. The molecule has 0 spiro atoms. The maximum absolute atomic E-state index is 10.8. The van der Waals surface area contributed by atoms with E-state index in [1.54, 1.807) is 6.07 Å². The van der Waals surface area contributed by atoms with Gasteiger partial charge < -0.3 is 15.2 Å². The van der Waals surface area contributed by atoms with Gasteiger partial charge >= 0.3 is 0 Å². The van der Waals surface area contributed by atoms with Crippen LogP contribution in [0.25, 0.3) is 0 Å². The van der Waals surface area contributed by atoms with Crippen molar-refractivity contribution in [1.29, 1.82) is 0 Å². The topological polar surface area (TPSA) is 84.6 Å². The van der Waals surface area contributed by atoms with Gasteiger partial charge in [0, 0.05) is 24.4 Å². The van der Waals surface area contributed by atoms with Crippen LogP contribution in [0.15, 0.2) is 18.2 Å². The van der Waals surface area contributed by atoms with Gasteiger partial charge in [0.15, 0.2) is 0 Å². The summed E-state index contributed by atoms with van der Waals surface area (Å²) in [7, 11) is 1.46. The quantitative estimate of drug-likeness (QED) is 0.586. The van der Waals surface area contributed by atoms with Crippen LogP contribution in [0.2, 0.25) is 0 Å². The third-order valence-corrected chi connectivity index (χ3v) is 3.28. The summed E-state index contributed by atoms with van der Waals surface area (Å²) < 4.78 is 5.02. The Morgan fingerprint density at radius 1 is 1.37 bits per heavy atom. The molecule has 0 radical (unpaired) electrons. The van der Waals surface area contributed by atoms with E-state index in [1.165, 1.54) is 19.2 Å². The number of nitrogens with one attached hydrogen (secondary N) is 1. The van der Waals surface area contributed by atoms with Gasteiger partial charge in [0.2, 0.25) is 0 Å². The summed E-state index contributed by atoms with van der Waals surface area (Å²) >= 11 is 0. The van der Waals surface area contributed by atoms with E-state index in [1.807, 2.05) is 13.8 Å². The van der Waals surface area contributed by atoms with E-state index >= 15 is 0 Å². The molecule has 0 bridgehead atoms. The van der Waals surface area contributed by atoms with Gasteiger partial charge in [-0.1, -0.05) is 13.8 Å². The fourth-order valence-electron chi connectivity index (χ4n) is 1.68. The van der Waals surface area contributed by atoms with Gasteiger partial charge in [-0.15, -0.1) is 0 Å². The van der Waals surface area contributed by atoms with Crippen LogP contribution >= 0.6 is 0 Å². The van der Waals surface area contributed by atoms with Crippen LogP contribution in [-0.2, 0) is 0 Å². The molecule has 0 atom stereocenters. The molecule has 0 unspecified atom stereocenters. The van der Waals surface area contributed by atoms with E-state index < -0.39 is 10.5 Å². The molecule has 0 saturated heterocycles. The summed E-state index contributed by atoms with van der Waals surface area (Å²) in [5, 5.41) is 24.0. The minimum atomic E-state index is -0.808. The molecule has 1 aromatic carbocycles. The van der Waals surface area contributed by atoms with Gasteiger partial charge in [0.05, 0.1) is 23.7 Å². The lowest BCUT2D eigenvalue weighted by atomic mass is 9.97. The first kappa shape index (κ1) is 15.2. The third kappa shape index (κ3) is 4.10. The third-order valence-electron chi connectivity index (χ3n) is 3.28. The summed E-state index contributed by atoms with van der Waals surface area (Å²) in [4.78, 5) is 10.3. The van der Waals surface area contributed by atoms with E-state index in [2.05, 4.69) is 5.32 Å². The second-order valence-corrected chi connectivity index (χ2v) is 4.46. The van der Waals surface area contributed by atoms with Crippen molar-refractivity contribution < 1.29 is 14.8 Å². The zero-order chi connectivity index (χ0) is 14.5. The minimum absolute atomic E-state index is 0.0432. The Morgan fingerprint density at radius 3 is 2.47 bits per heavy atom. The van der Waals surface area contributed by atoms with Crippen LogP contribution in [0.3, 0.4) is 0 Å². The number of nitro benzene ring substituents is 1. The van der Waals surface area contributed by atoms with Crippen molar-refractivity contribution in [2.45, 2.75) is 32.3 Å². The van der Waals surface area contributed by atoms with E-state index in [-0.39, 0.29) is 5.69 Å². The Morgan fingerprint density at radius 2 is 2.00 bits per heavy atom. The number of non-ortho nitro benzene ring substituents is 1. The number of methoxy groups -OCH3 is 1. The predicted octanol–water partition coefficient (Wildman–Crippen LogP) is 2.57. The number of nitro groups is 1. The Labute approximate surface area is 112 Å². The largest absolute Gasteiger partial charge is 0.496 e. The van der Waals surface area contributed by atoms with Gasteiger partial charge in [0.1, 0.15) is 5.75 Å². The second-order valence-electron chi connectivity index (χ2n) is 4.46. The summed E-state index contributed by atoms with van der Waals surface area (Å²) in [6, 6.07) is 4.45.